The van der Waals surface area contributed by atoms with E-state index in [1.54, 1.807) is 6.92 Å². The lowest BCUT2D eigenvalue weighted by atomic mass is 9.66. The molecule has 15 heavy (non-hydrogen) atoms. The number of hydrogen-bond acceptors (Lipinski definition) is 5. The maximum absolute atomic E-state index is 11.1. The largest absolute Gasteiger partial charge is 0.469 e. The summed E-state index contributed by atoms with van der Waals surface area (Å²) in [4.78, 5) is 21.2. The van der Waals surface area contributed by atoms with Gasteiger partial charge in [0.1, 0.15) is 5.60 Å². The Labute approximate surface area is 87.4 Å². The van der Waals surface area contributed by atoms with E-state index >= 15 is 0 Å². The van der Waals surface area contributed by atoms with Crippen LogP contribution in [0.25, 0.3) is 0 Å². The fourth-order valence-corrected chi connectivity index (χ4v) is 2.12. The number of esters is 1. The first-order valence-electron chi connectivity index (χ1n) is 4.88. The van der Waals surface area contributed by atoms with Gasteiger partial charge in [-0.3, -0.25) is 14.9 Å². The zero-order chi connectivity index (χ0) is 11.6. The van der Waals surface area contributed by atoms with Crippen molar-refractivity contribution in [2.45, 2.75) is 37.8 Å². The molecule has 6 heteroatoms. The molecule has 1 N–H and O–H groups in total. The Morgan fingerprint density at radius 2 is 2.27 bits per heavy atom. The quantitative estimate of drug-likeness (QED) is 0.417. The highest BCUT2D eigenvalue weighted by molar-refractivity contribution is 5.73. The van der Waals surface area contributed by atoms with E-state index in [-0.39, 0.29) is 19.3 Å². The standard InChI is InChI=1S/C9H15NO5/c1-3-7(10(13)14)9(12)4-6(5-9)8(11)15-2/h6-7,12H,3-5H2,1-2H3. The molecule has 0 aromatic rings. The predicted molar refractivity (Wildman–Crippen MR) is 50.8 cm³/mol. The number of methoxy groups -OCH3 is 1. The van der Waals surface area contributed by atoms with Crippen molar-refractivity contribution < 1.29 is 19.6 Å². The fraction of sp³-hybridized carbons (Fsp3) is 0.889. The van der Waals surface area contributed by atoms with Crippen LogP contribution in [0.15, 0.2) is 0 Å². The number of nitro groups is 1. The molecule has 0 radical (unpaired) electrons. The van der Waals surface area contributed by atoms with E-state index in [9.17, 15) is 20.0 Å². The van der Waals surface area contributed by atoms with Crippen molar-refractivity contribution in [3.8, 4) is 0 Å². The Hall–Kier alpha value is -1.17. The van der Waals surface area contributed by atoms with Gasteiger partial charge in [-0.15, -0.1) is 0 Å². The second-order valence-electron chi connectivity index (χ2n) is 3.94. The third kappa shape index (κ3) is 2.09. The first-order valence-corrected chi connectivity index (χ1v) is 4.88. The van der Waals surface area contributed by atoms with Gasteiger partial charge in [0, 0.05) is 11.3 Å². The lowest BCUT2D eigenvalue weighted by molar-refractivity contribution is -0.551. The van der Waals surface area contributed by atoms with E-state index in [2.05, 4.69) is 4.74 Å². The zero-order valence-electron chi connectivity index (χ0n) is 8.80. The molecule has 0 amide bonds. The van der Waals surface area contributed by atoms with Gasteiger partial charge in [0.25, 0.3) is 0 Å². The molecule has 0 spiro atoms. The molecule has 0 saturated heterocycles. The normalized spacial score (nSPS) is 31.5. The summed E-state index contributed by atoms with van der Waals surface area (Å²) in [5.41, 5.74) is -1.34. The van der Waals surface area contributed by atoms with E-state index < -0.39 is 28.5 Å². The SMILES string of the molecule is CCC([N+](=O)[O-])C1(O)CC(C(=O)OC)C1. The Balaban J connectivity index is 2.59. The van der Waals surface area contributed by atoms with Crippen LogP contribution in [0.3, 0.4) is 0 Å². The van der Waals surface area contributed by atoms with Crippen LogP contribution >= 0.6 is 0 Å². The second kappa shape index (κ2) is 4.14. The lowest BCUT2D eigenvalue weighted by Gasteiger charge is -2.42. The average molecular weight is 217 g/mol. The zero-order valence-corrected chi connectivity index (χ0v) is 8.80. The number of carbonyl (C=O) groups is 1. The summed E-state index contributed by atoms with van der Waals surface area (Å²) in [7, 11) is 1.27. The van der Waals surface area contributed by atoms with Crippen molar-refractivity contribution in [1.82, 2.24) is 0 Å². The van der Waals surface area contributed by atoms with Gasteiger partial charge < -0.3 is 9.84 Å². The summed E-state index contributed by atoms with van der Waals surface area (Å²) in [6.07, 6.45) is 0.510. The maximum Gasteiger partial charge on any atom is 0.308 e. The minimum Gasteiger partial charge on any atom is -0.469 e. The van der Waals surface area contributed by atoms with Crippen molar-refractivity contribution in [3.63, 3.8) is 0 Å². The first-order chi connectivity index (χ1) is 6.94. The Morgan fingerprint density at radius 3 is 2.60 bits per heavy atom. The summed E-state index contributed by atoms with van der Waals surface area (Å²) in [5, 5.41) is 20.6. The van der Waals surface area contributed by atoms with Gasteiger partial charge in [-0.25, -0.2) is 0 Å². The molecular formula is C9H15NO5. The molecule has 86 valence electrons. The Bertz CT molecular complexity index is 272. The van der Waals surface area contributed by atoms with Gasteiger partial charge in [0.2, 0.25) is 6.04 Å². The minimum absolute atomic E-state index is 0.124. The van der Waals surface area contributed by atoms with Gasteiger partial charge in [-0.1, -0.05) is 6.92 Å². The highest BCUT2D eigenvalue weighted by Gasteiger charge is 2.56. The van der Waals surface area contributed by atoms with Crippen LogP contribution < -0.4 is 0 Å². The van der Waals surface area contributed by atoms with E-state index in [0.717, 1.165) is 0 Å². The summed E-state index contributed by atoms with van der Waals surface area (Å²) in [5.74, 6) is -0.799. The van der Waals surface area contributed by atoms with E-state index in [4.69, 9.17) is 0 Å². The van der Waals surface area contributed by atoms with Crippen molar-refractivity contribution in [3.05, 3.63) is 10.1 Å². The first kappa shape index (κ1) is 11.9. The van der Waals surface area contributed by atoms with Crippen LogP contribution in [-0.2, 0) is 9.53 Å². The van der Waals surface area contributed by atoms with Gasteiger partial charge in [-0.2, -0.15) is 0 Å². The van der Waals surface area contributed by atoms with Crippen LogP contribution in [0.1, 0.15) is 26.2 Å². The third-order valence-corrected chi connectivity index (χ3v) is 3.00. The molecule has 1 aliphatic rings. The molecule has 1 fully saturated rings. The number of rotatable bonds is 4. The van der Waals surface area contributed by atoms with Crippen LogP contribution in [0, 0.1) is 16.0 Å². The van der Waals surface area contributed by atoms with E-state index in [1.807, 2.05) is 0 Å². The lowest BCUT2D eigenvalue weighted by Crippen LogP contribution is -2.57. The molecule has 0 aromatic carbocycles. The van der Waals surface area contributed by atoms with Crippen molar-refractivity contribution in [2.75, 3.05) is 7.11 Å². The second-order valence-corrected chi connectivity index (χ2v) is 3.94. The van der Waals surface area contributed by atoms with Gasteiger partial charge in [0.05, 0.1) is 13.0 Å². The van der Waals surface area contributed by atoms with Crippen LogP contribution in [0.5, 0.6) is 0 Å². The van der Waals surface area contributed by atoms with Crippen LogP contribution in [0.4, 0.5) is 0 Å². The highest BCUT2D eigenvalue weighted by atomic mass is 16.6. The van der Waals surface area contributed by atoms with Crippen LogP contribution in [0.2, 0.25) is 0 Å². The topological polar surface area (TPSA) is 89.7 Å². The molecule has 0 heterocycles. The number of carbonyl (C=O) groups excluding carboxylic acids is 1. The molecule has 1 atom stereocenters. The summed E-state index contributed by atoms with van der Waals surface area (Å²) >= 11 is 0. The molecule has 0 aliphatic heterocycles. The Morgan fingerprint density at radius 1 is 1.73 bits per heavy atom. The fourth-order valence-electron chi connectivity index (χ4n) is 2.12. The van der Waals surface area contributed by atoms with Gasteiger partial charge in [0.15, 0.2) is 0 Å². The van der Waals surface area contributed by atoms with Crippen molar-refractivity contribution in [2.24, 2.45) is 5.92 Å². The van der Waals surface area contributed by atoms with Gasteiger partial charge in [-0.05, 0) is 12.8 Å². The average Bonchev–Trinajstić information content (AvgIpc) is 2.13. The van der Waals surface area contributed by atoms with Crippen molar-refractivity contribution >= 4 is 5.97 Å². The molecule has 1 saturated carbocycles. The molecule has 1 rings (SSSR count). The number of hydrogen-bond donors (Lipinski definition) is 1. The summed E-state index contributed by atoms with van der Waals surface area (Å²) < 4.78 is 4.50. The smallest absolute Gasteiger partial charge is 0.308 e. The molecule has 0 aromatic heterocycles. The van der Waals surface area contributed by atoms with Gasteiger partial charge >= 0.3 is 5.97 Å². The number of aliphatic hydroxyl groups is 1. The van der Waals surface area contributed by atoms with E-state index in [0.29, 0.717) is 0 Å². The highest BCUT2D eigenvalue weighted by Crippen LogP contribution is 2.42. The molecule has 6 nitrogen and oxygen atoms in total. The summed E-state index contributed by atoms with van der Waals surface area (Å²) in [6, 6.07) is -0.988. The minimum atomic E-state index is -1.34. The third-order valence-electron chi connectivity index (χ3n) is 3.00. The molecule has 1 aliphatic carbocycles. The maximum atomic E-state index is 11.1. The number of nitrogens with zero attached hydrogens (tertiary/aromatic N) is 1. The molecule has 0 bridgehead atoms. The van der Waals surface area contributed by atoms with Crippen molar-refractivity contribution in [1.29, 1.82) is 0 Å². The predicted octanol–water partition coefficient (Wildman–Crippen LogP) is 0.356. The number of ether oxygens (including phenoxy) is 1. The monoisotopic (exact) mass is 217 g/mol. The molecule has 1 unspecified atom stereocenters. The molecular weight excluding hydrogens is 202 g/mol. The summed E-state index contributed by atoms with van der Waals surface area (Å²) in [6.45, 7) is 1.65. The van der Waals surface area contributed by atoms with E-state index in [1.165, 1.54) is 7.11 Å². The van der Waals surface area contributed by atoms with Crippen LogP contribution in [-0.4, -0.2) is 34.8 Å². The Kier molecular flexibility index (Phi) is 3.28.